The summed E-state index contributed by atoms with van der Waals surface area (Å²) in [7, 11) is 0. The monoisotopic (exact) mass is 512 g/mol. The van der Waals surface area contributed by atoms with Crippen LogP contribution in [0.25, 0.3) is 32.7 Å². The summed E-state index contributed by atoms with van der Waals surface area (Å²) in [6.45, 7) is 7.77. The van der Waals surface area contributed by atoms with Crippen molar-refractivity contribution in [1.82, 2.24) is 0 Å². The van der Waals surface area contributed by atoms with E-state index in [1.807, 2.05) is 88.4 Å². The molecule has 0 heterocycles. The van der Waals surface area contributed by atoms with E-state index in [-0.39, 0.29) is 48.6 Å². The molecule has 0 fully saturated rings. The third kappa shape index (κ3) is 5.42. The van der Waals surface area contributed by atoms with Crippen LogP contribution in [0.4, 0.5) is 0 Å². The lowest BCUT2D eigenvalue weighted by atomic mass is 9.89. The SMILES string of the molecule is CC(C)[C@@H](CO)N=Cc1cc2ccccc2c(-c2c(O)c(C=N[C@H](CO)C(C)C)cc3ccccc23)c1O. The van der Waals surface area contributed by atoms with Gasteiger partial charge in [0.2, 0.25) is 0 Å². The Bertz CT molecular complexity index is 1380. The minimum absolute atomic E-state index is 0.00199. The number of hydrogen-bond donors (Lipinski definition) is 4. The van der Waals surface area contributed by atoms with Gasteiger partial charge in [0.05, 0.1) is 25.3 Å². The van der Waals surface area contributed by atoms with Crippen molar-refractivity contribution < 1.29 is 20.4 Å². The van der Waals surface area contributed by atoms with Crippen molar-refractivity contribution in [2.75, 3.05) is 13.2 Å². The van der Waals surface area contributed by atoms with Crippen LogP contribution in [-0.4, -0.2) is 58.2 Å². The second-order valence-electron chi connectivity index (χ2n) is 10.4. The summed E-state index contributed by atoms with van der Waals surface area (Å²) in [5.41, 5.74) is 2.00. The highest BCUT2D eigenvalue weighted by atomic mass is 16.3. The lowest BCUT2D eigenvalue weighted by Crippen LogP contribution is -2.17. The lowest BCUT2D eigenvalue weighted by molar-refractivity contribution is 0.240. The molecular weight excluding hydrogens is 476 g/mol. The topological polar surface area (TPSA) is 106 Å². The molecule has 4 rings (SSSR count). The fourth-order valence-electron chi connectivity index (χ4n) is 4.63. The van der Waals surface area contributed by atoms with Crippen molar-refractivity contribution >= 4 is 34.0 Å². The predicted molar refractivity (Wildman–Crippen MR) is 157 cm³/mol. The fourth-order valence-corrected chi connectivity index (χ4v) is 4.63. The molecule has 198 valence electrons. The number of aliphatic hydroxyl groups excluding tert-OH is 2. The van der Waals surface area contributed by atoms with E-state index < -0.39 is 0 Å². The van der Waals surface area contributed by atoms with Crippen LogP contribution in [0.15, 0.2) is 70.6 Å². The zero-order chi connectivity index (χ0) is 27.4. The third-order valence-corrected chi connectivity index (χ3v) is 7.08. The Balaban J connectivity index is 2.02. The largest absolute Gasteiger partial charge is 0.507 e. The first-order chi connectivity index (χ1) is 18.3. The van der Waals surface area contributed by atoms with E-state index >= 15 is 0 Å². The second-order valence-corrected chi connectivity index (χ2v) is 10.4. The van der Waals surface area contributed by atoms with Crippen molar-refractivity contribution in [1.29, 1.82) is 0 Å². The van der Waals surface area contributed by atoms with Gasteiger partial charge >= 0.3 is 0 Å². The van der Waals surface area contributed by atoms with Gasteiger partial charge in [0.25, 0.3) is 0 Å². The van der Waals surface area contributed by atoms with Gasteiger partial charge in [-0.2, -0.15) is 0 Å². The van der Waals surface area contributed by atoms with Crippen LogP contribution >= 0.6 is 0 Å². The first kappa shape index (κ1) is 27.3. The fraction of sp³-hybridized carbons (Fsp3) is 0.312. The number of aromatic hydroxyl groups is 2. The summed E-state index contributed by atoms with van der Waals surface area (Å²) in [5.74, 6) is 0.266. The highest BCUT2D eigenvalue weighted by molar-refractivity contribution is 6.14. The van der Waals surface area contributed by atoms with Crippen molar-refractivity contribution in [3.63, 3.8) is 0 Å². The molecule has 0 saturated heterocycles. The van der Waals surface area contributed by atoms with Crippen molar-refractivity contribution in [3.8, 4) is 22.6 Å². The maximum absolute atomic E-state index is 11.6. The van der Waals surface area contributed by atoms with Gasteiger partial charge in [-0.1, -0.05) is 76.2 Å². The Hall–Kier alpha value is -3.74. The highest BCUT2D eigenvalue weighted by Crippen LogP contribution is 2.47. The number of phenolic OH excluding ortho intramolecular Hbond substituents is 2. The first-order valence-corrected chi connectivity index (χ1v) is 13.0. The van der Waals surface area contributed by atoms with E-state index in [0.717, 1.165) is 21.5 Å². The average Bonchev–Trinajstić information content (AvgIpc) is 2.90. The van der Waals surface area contributed by atoms with Gasteiger partial charge in [0, 0.05) is 34.7 Å². The number of phenols is 2. The molecule has 0 amide bonds. The highest BCUT2D eigenvalue weighted by Gasteiger charge is 2.22. The van der Waals surface area contributed by atoms with Crippen molar-refractivity contribution in [2.45, 2.75) is 39.8 Å². The van der Waals surface area contributed by atoms with Gasteiger partial charge in [0.1, 0.15) is 11.5 Å². The van der Waals surface area contributed by atoms with Gasteiger partial charge in [-0.15, -0.1) is 0 Å². The van der Waals surface area contributed by atoms with Gasteiger partial charge < -0.3 is 20.4 Å². The second kappa shape index (κ2) is 11.8. The van der Waals surface area contributed by atoms with Crippen LogP contribution in [0.2, 0.25) is 0 Å². The molecule has 0 radical (unpaired) electrons. The lowest BCUT2D eigenvalue weighted by Gasteiger charge is -2.18. The number of aliphatic hydroxyl groups is 2. The molecule has 38 heavy (non-hydrogen) atoms. The molecule has 2 atom stereocenters. The van der Waals surface area contributed by atoms with Crippen LogP contribution in [0.5, 0.6) is 11.5 Å². The summed E-state index contributed by atoms with van der Waals surface area (Å²) >= 11 is 0. The summed E-state index contributed by atoms with van der Waals surface area (Å²) in [4.78, 5) is 9.10. The Morgan fingerprint density at radius 3 is 1.34 bits per heavy atom. The molecule has 0 spiro atoms. The zero-order valence-corrected chi connectivity index (χ0v) is 22.3. The van der Waals surface area contributed by atoms with E-state index in [2.05, 4.69) is 9.98 Å². The van der Waals surface area contributed by atoms with Crippen LogP contribution in [0, 0.1) is 11.8 Å². The molecule has 6 heteroatoms. The Morgan fingerprint density at radius 1 is 0.632 bits per heavy atom. The maximum atomic E-state index is 11.6. The number of hydrogen-bond acceptors (Lipinski definition) is 6. The summed E-state index contributed by atoms with van der Waals surface area (Å²) < 4.78 is 0. The number of aliphatic imine (C=N–C) groups is 2. The van der Waals surface area contributed by atoms with Gasteiger partial charge in [-0.05, 0) is 45.5 Å². The standard InChI is InChI=1S/C32H36N2O4/c1-19(2)27(17-35)33-15-23-13-21-9-5-7-11-25(21)29(31(23)37)30-26-12-8-6-10-22(26)14-24(32(30)38)16-34-28(18-36)20(3)4/h5-16,19-20,27-28,35-38H,17-18H2,1-4H3/t27-,28-/m1/s1. The maximum Gasteiger partial charge on any atom is 0.132 e. The Labute approximate surface area is 223 Å². The summed E-state index contributed by atoms with van der Waals surface area (Å²) in [6.07, 6.45) is 3.20. The first-order valence-electron chi connectivity index (χ1n) is 13.0. The predicted octanol–water partition coefficient (Wildman–Crippen LogP) is 5.94. The smallest absolute Gasteiger partial charge is 0.132 e. The quantitative estimate of drug-likeness (QED) is 0.208. The van der Waals surface area contributed by atoms with Crippen molar-refractivity contribution in [2.24, 2.45) is 21.8 Å². The molecule has 0 aliphatic carbocycles. The van der Waals surface area contributed by atoms with Gasteiger partial charge in [0.15, 0.2) is 0 Å². The number of rotatable bonds is 9. The molecule has 0 aliphatic rings. The van der Waals surface area contributed by atoms with E-state index in [0.29, 0.717) is 22.3 Å². The van der Waals surface area contributed by atoms with E-state index in [9.17, 15) is 20.4 Å². The van der Waals surface area contributed by atoms with Gasteiger partial charge in [-0.3, -0.25) is 9.98 Å². The van der Waals surface area contributed by atoms with Gasteiger partial charge in [-0.25, -0.2) is 0 Å². The molecule has 0 aromatic heterocycles. The molecule has 0 aliphatic heterocycles. The molecule has 4 aromatic rings. The van der Waals surface area contributed by atoms with E-state index in [1.165, 1.54) is 0 Å². The van der Waals surface area contributed by atoms with Crippen LogP contribution < -0.4 is 0 Å². The molecule has 0 saturated carbocycles. The average molecular weight is 513 g/mol. The molecule has 0 bridgehead atoms. The number of nitrogens with zero attached hydrogens (tertiary/aromatic N) is 2. The van der Waals surface area contributed by atoms with Crippen molar-refractivity contribution in [3.05, 3.63) is 71.8 Å². The summed E-state index contributed by atoms with van der Waals surface area (Å²) in [6, 6.07) is 18.6. The van der Waals surface area contributed by atoms with Crippen LogP contribution in [-0.2, 0) is 0 Å². The Kier molecular flexibility index (Phi) is 8.45. The normalized spacial score (nSPS) is 14.0. The van der Waals surface area contributed by atoms with E-state index in [4.69, 9.17) is 0 Å². The minimum Gasteiger partial charge on any atom is -0.507 e. The van der Waals surface area contributed by atoms with Crippen LogP contribution in [0.1, 0.15) is 38.8 Å². The van der Waals surface area contributed by atoms with Crippen LogP contribution in [0.3, 0.4) is 0 Å². The molecule has 4 N–H and O–H groups in total. The molecule has 6 nitrogen and oxygen atoms in total. The number of benzene rings is 4. The minimum atomic E-state index is -0.293. The molecular formula is C32H36N2O4. The summed E-state index contributed by atoms with van der Waals surface area (Å²) in [5, 5.41) is 46.1. The van der Waals surface area contributed by atoms with E-state index in [1.54, 1.807) is 12.4 Å². The zero-order valence-electron chi connectivity index (χ0n) is 22.3. The third-order valence-electron chi connectivity index (χ3n) is 7.08. The molecule has 0 unspecified atom stereocenters. The molecule has 4 aromatic carbocycles. The Morgan fingerprint density at radius 2 is 1.00 bits per heavy atom. The number of fused-ring (bicyclic) bond motifs is 2.